The number of rotatable bonds is 4. The Balaban J connectivity index is 2.30. The van der Waals surface area contributed by atoms with Gasteiger partial charge >= 0.3 is 0 Å². The van der Waals surface area contributed by atoms with E-state index in [1.54, 1.807) is 11.8 Å². The number of aromatic nitrogens is 2. The van der Waals surface area contributed by atoms with Crippen molar-refractivity contribution in [1.82, 2.24) is 9.78 Å². The zero-order valence-corrected chi connectivity index (χ0v) is 11.8. The van der Waals surface area contributed by atoms with Crippen LogP contribution < -0.4 is 4.74 Å². The first-order chi connectivity index (χ1) is 9.04. The number of hydrogen-bond acceptors (Lipinski definition) is 3. The Labute approximate surface area is 113 Å². The zero-order chi connectivity index (χ0) is 14.0. The maximum absolute atomic E-state index is 10.5. The van der Waals surface area contributed by atoms with E-state index in [9.17, 15) is 5.11 Å². The Morgan fingerprint density at radius 1 is 1.32 bits per heavy atom. The van der Waals surface area contributed by atoms with Gasteiger partial charge in [-0.05, 0) is 25.0 Å². The maximum atomic E-state index is 10.5. The van der Waals surface area contributed by atoms with Crippen molar-refractivity contribution in [2.75, 3.05) is 7.11 Å². The Morgan fingerprint density at radius 3 is 2.63 bits per heavy atom. The lowest BCUT2D eigenvalue weighted by atomic mass is 9.98. The first kappa shape index (κ1) is 13.6. The van der Waals surface area contributed by atoms with Gasteiger partial charge in [0.05, 0.1) is 24.5 Å². The van der Waals surface area contributed by atoms with E-state index in [1.807, 2.05) is 32.2 Å². The van der Waals surface area contributed by atoms with E-state index < -0.39 is 6.10 Å². The molecule has 102 valence electrons. The second kappa shape index (κ2) is 5.45. The molecule has 2 aromatic rings. The third-order valence-corrected chi connectivity index (χ3v) is 3.42. The van der Waals surface area contributed by atoms with Crippen molar-refractivity contribution in [3.8, 4) is 5.88 Å². The molecule has 0 bridgehead atoms. The van der Waals surface area contributed by atoms with Gasteiger partial charge in [0.1, 0.15) is 0 Å². The molecule has 0 saturated carbocycles. The number of aliphatic hydroxyl groups is 1. The van der Waals surface area contributed by atoms with Gasteiger partial charge in [-0.2, -0.15) is 5.10 Å². The summed E-state index contributed by atoms with van der Waals surface area (Å²) in [7, 11) is 3.41. The normalized spacial score (nSPS) is 12.5. The molecule has 4 heteroatoms. The fourth-order valence-corrected chi connectivity index (χ4v) is 2.43. The van der Waals surface area contributed by atoms with Gasteiger partial charge in [-0.3, -0.25) is 0 Å². The molecule has 19 heavy (non-hydrogen) atoms. The summed E-state index contributed by atoms with van der Waals surface area (Å²) in [5, 5.41) is 14.8. The highest BCUT2D eigenvalue weighted by Gasteiger charge is 2.22. The quantitative estimate of drug-likeness (QED) is 0.917. The lowest BCUT2D eigenvalue weighted by Crippen LogP contribution is -2.06. The average Bonchev–Trinajstić information content (AvgIpc) is 2.66. The third kappa shape index (κ3) is 2.63. The van der Waals surface area contributed by atoms with Crippen molar-refractivity contribution < 1.29 is 9.84 Å². The van der Waals surface area contributed by atoms with Crippen molar-refractivity contribution in [1.29, 1.82) is 0 Å². The molecule has 1 unspecified atom stereocenters. The maximum Gasteiger partial charge on any atom is 0.217 e. The Morgan fingerprint density at radius 2 is 2.00 bits per heavy atom. The Bertz CT molecular complexity index is 576. The number of aryl methyl sites for hydroxylation is 3. The molecule has 0 aliphatic heterocycles. The topological polar surface area (TPSA) is 47.3 Å². The number of methoxy groups -OCH3 is 1. The molecule has 1 heterocycles. The molecule has 0 aliphatic carbocycles. The number of benzene rings is 1. The predicted octanol–water partition coefficient (Wildman–Crippen LogP) is 2.32. The minimum Gasteiger partial charge on any atom is -0.481 e. The molecule has 0 amide bonds. The molecular formula is C15H20N2O2. The van der Waals surface area contributed by atoms with Crippen LogP contribution in [-0.2, 0) is 13.5 Å². The highest BCUT2D eigenvalue weighted by Crippen LogP contribution is 2.30. The summed E-state index contributed by atoms with van der Waals surface area (Å²) in [4.78, 5) is 0. The summed E-state index contributed by atoms with van der Waals surface area (Å²) < 4.78 is 6.98. The van der Waals surface area contributed by atoms with Crippen LogP contribution >= 0.6 is 0 Å². The third-order valence-electron chi connectivity index (χ3n) is 3.42. The summed E-state index contributed by atoms with van der Waals surface area (Å²) in [5.41, 5.74) is 3.90. The molecule has 2 rings (SSSR count). The second-order valence-corrected chi connectivity index (χ2v) is 4.78. The van der Waals surface area contributed by atoms with Gasteiger partial charge < -0.3 is 9.84 Å². The number of hydrogen-bond donors (Lipinski definition) is 1. The number of ether oxygens (including phenoxy) is 1. The predicted molar refractivity (Wildman–Crippen MR) is 74.3 cm³/mol. The summed E-state index contributed by atoms with van der Waals surface area (Å²) in [6.07, 6.45) is -0.0417. The molecule has 0 spiro atoms. The summed E-state index contributed by atoms with van der Waals surface area (Å²) in [6, 6.07) is 8.08. The average molecular weight is 260 g/mol. The first-order valence-electron chi connectivity index (χ1n) is 6.34. The Hall–Kier alpha value is -1.81. The lowest BCUT2D eigenvalue weighted by Gasteiger charge is -2.13. The monoisotopic (exact) mass is 260 g/mol. The lowest BCUT2D eigenvalue weighted by molar-refractivity contribution is 0.172. The highest BCUT2D eigenvalue weighted by molar-refractivity contribution is 5.35. The van der Waals surface area contributed by atoms with Crippen molar-refractivity contribution in [3.05, 3.63) is 46.6 Å². The summed E-state index contributed by atoms with van der Waals surface area (Å²) in [5.74, 6) is 0.624. The largest absolute Gasteiger partial charge is 0.481 e. The zero-order valence-electron chi connectivity index (χ0n) is 11.8. The molecule has 1 aromatic carbocycles. The molecule has 0 radical (unpaired) electrons. The van der Waals surface area contributed by atoms with Crippen LogP contribution in [0.25, 0.3) is 0 Å². The molecule has 1 N–H and O–H groups in total. The fraction of sp³-hybridized carbons (Fsp3) is 0.400. The van der Waals surface area contributed by atoms with Crippen LogP contribution in [0, 0.1) is 13.8 Å². The highest BCUT2D eigenvalue weighted by atomic mass is 16.5. The van der Waals surface area contributed by atoms with E-state index in [2.05, 4.69) is 18.1 Å². The van der Waals surface area contributed by atoms with Crippen LogP contribution in [0.15, 0.2) is 24.3 Å². The van der Waals surface area contributed by atoms with Crippen molar-refractivity contribution in [3.63, 3.8) is 0 Å². The molecule has 1 aromatic heterocycles. The van der Waals surface area contributed by atoms with Crippen LogP contribution in [-0.4, -0.2) is 22.0 Å². The van der Waals surface area contributed by atoms with Crippen molar-refractivity contribution in [2.45, 2.75) is 26.4 Å². The van der Waals surface area contributed by atoms with Crippen molar-refractivity contribution >= 4 is 0 Å². The first-order valence-corrected chi connectivity index (χ1v) is 6.34. The van der Waals surface area contributed by atoms with Gasteiger partial charge in [0.2, 0.25) is 5.88 Å². The van der Waals surface area contributed by atoms with E-state index in [-0.39, 0.29) is 0 Å². The minimum absolute atomic E-state index is 0.565. The van der Waals surface area contributed by atoms with E-state index in [0.717, 1.165) is 16.8 Å². The minimum atomic E-state index is -0.607. The SMILES string of the molecule is COc1c(C(O)Cc2ccccc2C)c(C)nn1C. The molecule has 0 fully saturated rings. The van der Waals surface area contributed by atoms with Crippen molar-refractivity contribution in [2.24, 2.45) is 7.05 Å². The molecule has 1 atom stereocenters. The van der Waals surface area contributed by atoms with Gasteiger partial charge in [-0.25, -0.2) is 4.68 Å². The molecular weight excluding hydrogens is 240 g/mol. The van der Waals surface area contributed by atoms with Crippen LogP contribution in [0.5, 0.6) is 5.88 Å². The summed E-state index contributed by atoms with van der Waals surface area (Å²) in [6.45, 7) is 3.94. The van der Waals surface area contributed by atoms with Gasteiger partial charge in [-0.15, -0.1) is 0 Å². The van der Waals surface area contributed by atoms with Gasteiger partial charge in [0.15, 0.2) is 0 Å². The second-order valence-electron chi connectivity index (χ2n) is 4.78. The molecule has 0 saturated heterocycles. The number of aliphatic hydroxyl groups excluding tert-OH is 1. The summed E-state index contributed by atoms with van der Waals surface area (Å²) >= 11 is 0. The Kier molecular flexibility index (Phi) is 3.90. The van der Waals surface area contributed by atoms with Gasteiger partial charge in [-0.1, -0.05) is 24.3 Å². The van der Waals surface area contributed by atoms with E-state index >= 15 is 0 Å². The number of nitrogens with zero attached hydrogens (tertiary/aromatic N) is 2. The smallest absolute Gasteiger partial charge is 0.217 e. The molecule has 4 nitrogen and oxygen atoms in total. The van der Waals surface area contributed by atoms with E-state index in [4.69, 9.17) is 4.74 Å². The fourth-order valence-electron chi connectivity index (χ4n) is 2.43. The van der Waals surface area contributed by atoms with Gasteiger partial charge in [0.25, 0.3) is 0 Å². The van der Waals surface area contributed by atoms with E-state index in [1.165, 1.54) is 5.56 Å². The van der Waals surface area contributed by atoms with Crippen LogP contribution in [0.4, 0.5) is 0 Å². The van der Waals surface area contributed by atoms with Gasteiger partial charge in [0, 0.05) is 13.5 Å². The molecule has 0 aliphatic rings. The van der Waals surface area contributed by atoms with E-state index in [0.29, 0.717) is 12.3 Å². The standard InChI is InChI=1S/C15H20N2O2/c1-10-7-5-6-8-12(10)9-13(18)14-11(2)16-17(3)15(14)19-4/h5-8,13,18H,9H2,1-4H3. The van der Waals surface area contributed by atoms with Crippen LogP contribution in [0.2, 0.25) is 0 Å². The van der Waals surface area contributed by atoms with Crippen LogP contribution in [0.3, 0.4) is 0 Å². The van der Waals surface area contributed by atoms with Crippen LogP contribution in [0.1, 0.15) is 28.5 Å².